The number of alkyl halides is 3. The second-order valence-electron chi connectivity index (χ2n) is 7.08. The molecule has 0 saturated heterocycles. The minimum Gasteiger partial charge on any atom is -0.487 e. The molecule has 3 aromatic carbocycles. The molecule has 0 unspecified atom stereocenters. The number of hydrogen-bond donors (Lipinski definition) is 2. The van der Waals surface area contributed by atoms with Crippen LogP contribution in [0.5, 0.6) is 5.75 Å². The number of nitrogens with zero attached hydrogens (tertiary/aromatic N) is 1. The van der Waals surface area contributed by atoms with Crippen molar-refractivity contribution < 1.29 is 41.3 Å². The van der Waals surface area contributed by atoms with E-state index in [1.807, 2.05) is 0 Å². The Kier molecular flexibility index (Phi) is 7.48. The van der Waals surface area contributed by atoms with E-state index in [9.17, 15) is 31.5 Å². The quantitative estimate of drug-likeness (QED) is 0.462. The number of aliphatic hydroxyl groups excluding tert-OH is 1. The molecule has 0 aliphatic carbocycles. The number of halogens is 3. The zero-order valence-corrected chi connectivity index (χ0v) is 18.4. The van der Waals surface area contributed by atoms with E-state index in [-0.39, 0.29) is 28.5 Å². The first-order chi connectivity index (χ1) is 16.0. The first-order valence-corrected chi connectivity index (χ1v) is 11.3. The predicted octanol–water partition coefficient (Wildman–Crippen LogP) is 4.17. The number of benzene rings is 3. The maximum absolute atomic E-state index is 13.3. The van der Waals surface area contributed by atoms with Crippen molar-refractivity contribution in [3.63, 3.8) is 0 Å². The molecule has 180 valence electrons. The number of carbonyl (C=O) groups is 1. The molecule has 34 heavy (non-hydrogen) atoms. The van der Waals surface area contributed by atoms with Crippen LogP contribution >= 0.6 is 0 Å². The van der Waals surface area contributed by atoms with Gasteiger partial charge >= 0.3 is 12.1 Å². The third kappa shape index (κ3) is 5.67. The smallest absolute Gasteiger partial charge is 0.416 e. The summed E-state index contributed by atoms with van der Waals surface area (Å²) in [4.78, 5) is 10.9. The average Bonchev–Trinajstić information content (AvgIpc) is 2.81. The normalized spacial score (nSPS) is 11.8. The van der Waals surface area contributed by atoms with Crippen LogP contribution in [-0.4, -0.2) is 37.8 Å². The first-order valence-electron chi connectivity index (χ1n) is 9.89. The van der Waals surface area contributed by atoms with Crippen LogP contribution in [0.1, 0.15) is 21.5 Å². The van der Waals surface area contributed by atoms with Gasteiger partial charge in [-0.05, 0) is 48.0 Å². The van der Waals surface area contributed by atoms with E-state index in [0.717, 1.165) is 16.4 Å². The highest BCUT2D eigenvalue weighted by Gasteiger charge is 2.33. The fraction of sp³-hybridized carbons (Fsp3) is 0.174. The summed E-state index contributed by atoms with van der Waals surface area (Å²) in [6.45, 7) is -1.28. The third-order valence-corrected chi connectivity index (χ3v) is 6.61. The van der Waals surface area contributed by atoms with Gasteiger partial charge in [-0.2, -0.15) is 13.2 Å². The summed E-state index contributed by atoms with van der Waals surface area (Å²) >= 11 is 0. The third-order valence-electron chi connectivity index (χ3n) is 4.79. The second-order valence-corrected chi connectivity index (χ2v) is 8.95. The highest BCUT2D eigenvalue weighted by Crippen LogP contribution is 2.39. The molecular formula is C23H20F3NO6S. The number of aliphatic hydroxyl groups is 1. The number of anilines is 1. The summed E-state index contributed by atoms with van der Waals surface area (Å²) in [6.07, 6.45) is -4.71. The van der Waals surface area contributed by atoms with Gasteiger partial charge in [0, 0.05) is 0 Å². The molecule has 3 rings (SSSR count). The molecule has 0 aliphatic rings. The molecule has 0 saturated carbocycles. The van der Waals surface area contributed by atoms with E-state index in [0.29, 0.717) is 11.6 Å². The van der Waals surface area contributed by atoms with Crippen molar-refractivity contribution in [3.8, 4) is 5.75 Å². The largest absolute Gasteiger partial charge is 0.487 e. The minimum absolute atomic E-state index is 0.0200. The van der Waals surface area contributed by atoms with E-state index in [2.05, 4.69) is 0 Å². The summed E-state index contributed by atoms with van der Waals surface area (Å²) in [5.41, 5.74) is -0.763. The van der Waals surface area contributed by atoms with Crippen molar-refractivity contribution in [2.24, 2.45) is 0 Å². The van der Waals surface area contributed by atoms with E-state index in [4.69, 9.17) is 9.84 Å². The van der Waals surface area contributed by atoms with E-state index in [1.54, 1.807) is 6.07 Å². The topological polar surface area (TPSA) is 104 Å². The van der Waals surface area contributed by atoms with Gasteiger partial charge < -0.3 is 14.9 Å². The van der Waals surface area contributed by atoms with E-state index < -0.39 is 40.9 Å². The van der Waals surface area contributed by atoms with Crippen LogP contribution in [0.2, 0.25) is 0 Å². The zero-order valence-electron chi connectivity index (χ0n) is 17.6. The van der Waals surface area contributed by atoms with E-state index >= 15 is 0 Å². The Bertz CT molecular complexity index is 1250. The molecule has 2 N–H and O–H groups in total. The van der Waals surface area contributed by atoms with Crippen LogP contribution < -0.4 is 9.04 Å². The Labute approximate surface area is 193 Å². The van der Waals surface area contributed by atoms with Crippen molar-refractivity contribution in [2.45, 2.75) is 17.7 Å². The molecule has 7 nitrogen and oxygen atoms in total. The Hall–Kier alpha value is -3.57. The van der Waals surface area contributed by atoms with Crippen molar-refractivity contribution >= 4 is 21.7 Å². The summed E-state index contributed by atoms with van der Waals surface area (Å²) in [6, 6.07) is 15.1. The molecule has 0 fully saturated rings. The summed E-state index contributed by atoms with van der Waals surface area (Å²) < 4.78 is 72.8. The van der Waals surface area contributed by atoms with Gasteiger partial charge in [-0.3, -0.25) is 4.31 Å². The first kappa shape index (κ1) is 25.1. The Morgan fingerprint density at radius 2 is 1.62 bits per heavy atom. The Balaban J connectivity index is 2.03. The lowest BCUT2D eigenvalue weighted by atomic mass is 10.1. The summed E-state index contributed by atoms with van der Waals surface area (Å²) in [7, 11) is -4.24. The molecule has 0 radical (unpaired) electrons. The van der Waals surface area contributed by atoms with Crippen molar-refractivity contribution in [1.82, 2.24) is 0 Å². The number of carboxylic acids is 1. The lowest BCUT2D eigenvalue weighted by molar-refractivity contribution is -0.137. The molecule has 0 amide bonds. The lowest BCUT2D eigenvalue weighted by Crippen LogP contribution is -2.34. The van der Waals surface area contributed by atoms with Crippen LogP contribution in [0.4, 0.5) is 18.9 Å². The van der Waals surface area contributed by atoms with Gasteiger partial charge in [0.25, 0.3) is 10.0 Å². The van der Waals surface area contributed by atoms with Gasteiger partial charge in [-0.1, -0.05) is 30.3 Å². The van der Waals surface area contributed by atoms with Gasteiger partial charge in [0.15, 0.2) is 0 Å². The Morgan fingerprint density at radius 3 is 2.18 bits per heavy atom. The highest BCUT2D eigenvalue weighted by molar-refractivity contribution is 7.92. The number of rotatable bonds is 9. The summed E-state index contributed by atoms with van der Waals surface area (Å²) in [5.74, 6) is -1.51. The molecule has 11 heteroatoms. The maximum Gasteiger partial charge on any atom is 0.416 e. The number of aromatic carboxylic acids is 1. The molecule has 0 heterocycles. The van der Waals surface area contributed by atoms with Crippen molar-refractivity contribution in [3.05, 3.63) is 89.5 Å². The molecule has 3 aromatic rings. The SMILES string of the molecule is O=C(O)c1ccc(COc2cc(C(F)(F)F)ccc2N(CCO)S(=O)(=O)c2ccccc2)cc1. The molecule has 0 aromatic heterocycles. The number of hydrogen-bond acceptors (Lipinski definition) is 5. The molecule has 0 bridgehead atoms. The standard InChI is InChI=1S/C23H20F3NO6S/c24-23(25,26)18-10-11-20(27(12-13-28)34(31,32)19-4-2-1-3-5-19)21(14-18)33-15-16-6-8-17(9-7-16)22(29)30/h1-11,14,28H,12-13,15H2,(H,29,30). The van der Waals surface area contributed by atoms with Crippen molar-refractivity contribution in [1.29, 1.82) is 0 Å². The van der Waals surface area contributed by atoms with E-state index in [1.165, 1.54) is 48.5 Å². The van der Waals surface area contributed by atoms with Gasteiger partial charge in [0.05, 0.1) is 34.9 Å². The Morgan fingerprint density at radius 1 is 0.971 bits per heavy atom. The fourth-order valence-corrected chi connectivity index (χ4v) is 4.58. The lowest BCUT2D eigenvalue weighted by Gasteiger charge is -2.26. The minimum atomic E-state index is -4.71. The van der Waals surface area contributed by atoms with Gasteiger partial charge in [0.1, 0.15) is 12.4 Å². The average molecular weight is 495 g/mol. The van der Waals surface area contributed by atoms with Crippen molar-refractivity contribution in [2.75, 3.05) is 17.5 Å². The second kappa shape index (κ2) is 10.1. The van der Waals surface area contributed by atoms with Crippen LogP contribution in [0.25, 0.3) is 0 Å². The monoisotopic (exact) mass is 495 g/mol. The highest BCUT2D eigenvalue weighted by atomic mass is 32.2. The van der Waals surface area contributed by atoms with Crippen LogP contribution in [0.15, 0.2) is 77.7 Å². The molecule has 0 atom stereocenters. The van der Waals surface area contributed by atoms with Crippen LogP contribution in [0, 0.1) is 0 Å². The number of sulfonamides is 1. The van der Waals surface area contributed by atoms with Gasteiger partial charge in [0.2, 0.25) is 0 Å². The predicted molar refractivity (Wildman–Crippen MR) is 117 cm³/mol. The van der Waals surface area contributed by atoms with Gasteiger partial charge in [-0.25, -0.2) is 13.2 Å². The molecule has 0 spiro atoms. The zero-order chi connectivity index (χ0) is 24.9. The fourth-order valence-electron chi connectivity index (χ4n) is 3.10. The maximum atomic E-state index is 13.3. The van der Waals surface area contributed by atoms with Gasteiger partial charge in [-0.15, -0.1) is 0 Å². The summed E-state index contributed by atoms with van der Waals surface area (Å²) in [5, 5.41) is 18.5. The molecular weight excluding hydrogens is 475 g/mol. The molecule has 0 aliphatic heterocycles. The van der Waals surface area contributed by atoms with Crippen LogP contribution in [-0.2, 0) is 22.8 Å². The number of ether oxygens (including phenoxy) is 1. The number of carboxylic acid groups (broad SMARTS) is 1. The van der Waals surface area contributed by atoms with Crippen LogP contribution in [0.3, 0.4) is 0 Å².